The number of anilines is 1. The smallest absolute Gasteiger partial charge is 0.253 e. The van der Waals surface area contributed by atoms with Crippen LogP contribution in [0.3, 0.4) is 0 Å². The number of hydrogen-bond acceptors (Lipinski definition) is 5. The average molecular weight is 452 g/mol. The molecule has 1 heterocycles. The van der Waals surface area contributed by atoms with Gasteiger partial charge >= 0.3 is 0 Å². The molecule has 30 heavy (non-hydrogen) atoms. The van der Waals surface area contributed by atoms with Crippen molar-refractivity contribution in [1.82, 2.24) is 9.21 Å². The van der Waals surface area contributed by atoms with Gasteiger partial charge in [0.15, 0.2) is 0 Å². The molecule has 8 nitrogen and oxygen atoms in total. The number of piperazine rings is 1. The van der Waals surface area contributed by atoms with E-state index in [2.05, 4.69) is 4.72 Å². The second-order valence-electron chi connectivity index (χ2n) is 7.41. The summed E-state index contributed by atoms with van der Waals surface area (Å²) in [5, 5.41) is 0. The first-order valence-electron chi connectivity index (χ1n) is 9.42. The number of nitrogens with zero attached hydrogens (tertiary/aromatic N) is 2. The second kappa shape index (κ2) is 8.37. The lowest BCUT2D eigenvalue weighted by Crippen LogP contribution is -2.50. The minimum Gasteiger partial charge on any atom is -0.336 e. The zero-order valence-electron chi connectivity index (χ0n) is 17.1. The second-order valence-corrected chi connectivity index (χ2v) is 11.1. The van der Waals surface area contributed by atoms with Crippen molar-refractivity contribution in [3.63, 3.8) is 0 Å². The van der Waals surface area contributed by atoms with Crippen LogP contribution in [0.4, 0.5) is 5.69 Å². The Labute approximate surface area is 177 Å². The summed E-state index contributed by atoms with van der Waals surface area (Å²) in [6.45, 7) is 4.62. The van der Waals surface area contributed by atoms with Crippen molar-refractivity contribution >= 4 is 31.6 Å². The Kier molecular flexibility index (Phi) is 6.21. The number of sulfonamides is 2. The molecule has 0 saturated carbocycles. The van der Waals surface area contributed by atoms with Crippen LogP contribution in [0.5, 0.6) is 0 Å². The molecule has 0 aliphatic carbocycles. The molecule has 1 aliphatic heterocycles. The minimum absolute atomic E-state index is 0.212. The van der Waals surface area contributed by atoms with Gasteiger partial charge in [-0.2, -0.15) is 4.31 Å². The van der Waals surface area contributed by atoms with Crippen LogP contribution in [-0.2, 0) is 20.0 Å². The van der Waals surface area contributed by atoms with Gasteiger partial charge in [-0.05, 0) is 49.7 Å². The number of rotatable bonds is 5. The number of carbonyl (C=O) groups is 1. The molecule has 162 valence electrons. The van der Waals surface area contributed by atoms with Crippen molar-refractivity contribution < 1.29 is 21.6 Å². The van der Waals surface area contributed by atoms with E-state index in [-0.39, 0.29) is 37.0 Å². The van der Waals surface area contributed by atoms with Crippen LogP contribution in [0.1, 0.15) is 21.5 Å². The van der Waals surface area contributed by atoms with Crippen LogP contribution in [0, 0.1) is 13.8 Å². The quantitative estimate of drug-likeness (QED) is 0.747. The highest BCUT2D eigenvalue weighted by atomic mass is 32.2. The lowest BCUT2D eigenvalue weighted by atomic mass is 10.1. The third kappa shape index (κ3) is 5.00. The lowest BCUT2D eigenvalue weighted by molar-refractivity contribution is 0.0698. The highest BCUT2D eigenvalue weighted by Gasteiger charge is 2.30. The van der Waals surface area contributed by atoms with E-state index in [1.807, 2.05) is 6.92 Å². The maximum atomic E-state index is 12.8. The summed E-state index contributed by atoms with van der Waals surface area (Å²) in [4.78, 5) is 14.7. The van der Waals surface area contributed by atoms with Gasteiger partial charge in [0.05, 0.1) is 16.8 Å². The molecular weight excluding hydrogens is 426 g/mol. The molecule has 1 amide bonds. The Morgan fingerprint density at radius 3 is 2.03 bits per heavy atom. The molecule has 1 saturated heterocycles. The van der Waals surface area contributed by atoms with Gasteiger partial charge in [0, 0.05) is 31.7 Å². The summed E-state index contributed by atoms with van der Waals surface area (Å²) in [5.41, 5.74) is 2.47. The number of benzene rings is 2. The normalized spacial score (nSPS) is 15.8. The third-order valence-electron chi connectivity index (χ3n) is 4.95. The number of aryl methyl sites for hydroxylation is 2. The summed E-state index contributed by atoms with van der Waals surface area (Å²) in [6.07, 6.45) is 1.07. The highest BCUT2D eigenvalue weighted by Crippen LogP contribution is 2.21. The van der Waals surface area contributed by atoms with Crippen molar-refractivity contribution in [3.05, 3.63) is 59.2 Å². The fraction of sp³-hybridized carbons (Fsp3) is 0.350. The van der Waals surface area contributed by atoms with Gasteiger partial charge in [0.1, 0.15) is 0 Å². The molecule has 0 spiro atoms. The zero-order valence-corrected chi connectivity index (χ0v) is 18.8. The van der Waals surface area contributed by atoms with Gasteiger partial charge in [0.2, 0.25) is 20.0 Å². The van der Waals surface area contributed by atoms with E-state index in [4.69, 9.17) is 0 Å². The zero-order chi connectivity index (χ0) is 22.1. The monoisotopic (exact) mass is 451 g/mol. The van der Waals surface area contributed by atoms with Gasteiger partial charge in [0.25, 0.3) is 5.91 Å². The topological polar surface area (TPSA) is 104 Å². The van der Waals surface area contributed by atoms with Crippen LogP contribution in [0.25, 0.3) is 0 Å². The summed E-state index contributed by atoms with van der Waals surface area (Å²) in [5.74, 6) is -0.212. The molecule has 1 aliphatic rings. The molecule has 0 atom stereocenters. The molecule has 10 heteroatoms. The molecule has 0 radical (unpaired) electrons. The minimum atomic E-state index is -3.59. The van der Waals surface area contributed by atoms with E-state index in [0.717, 1.165) is 11.8 Å². The Morgan fingerprint density at radius 2 is 1.50 bits per heavy atom. The number of carbonyl (C=O) groups excluding carboxylic acids is 1. The summed E-state index contributed by atoms with van der Waals surface area (Å²) < 4.78 is 52.2. The summed E-state index contributed by atoms with van der Waals surface area (Å²) in [7, 11) is -7.00. The van der Waals surface area contributed by atoms with Gasteiger partial charge < -0.3 is 4.90 Å². The average Bonchev–Trinajstić information content (AvgIpc) is 2.68. The molecule has 1 fully saturated rings. The first kappa shape index (κ1) is 22.3. The lowest BCUT2D eigenvalue weighted by Gasteiger charge is -2.34. The largest absolute Gasteiger partial charge is 0.336 e. The van der Waals surface area contributed by atoms with Crippen molar-refractivity contribution in [2.24, 2.45) is 0 Å². The highest BCUT2D eigenvalue weighted by molar-refractivity contribution is 7.92. The molecule has 0 unspecified atom stereocenters. The van der Waals surface area contributed by atoms with E-state index in [1.54, 1.807) is 54.3 Å². The fourth-order valence-corrected chi connectivity index (χ4v) is 5.34. The molecular formula is C20H25N3O5S2. The Hall–Kier alpha value is -2.43. The SMILES string of the molecule is Cc1ccc(S(=O)(=O)N2CCN(C(=O)c3ccc(NS(C)(=O)=O)c(C)c3)CC2)cc1. The Balaban J connectivity index is 1.68. The van der Waals surface area contributed by atoms with Gasteiger partial charge in [-0.3, -0.25) is 9.52 Å². The van der Waals surface area contributed by atoms with Gasteiger partial charge in [-0.15, -0.1) is 0 Å². The van der Waals surface area contributed by atoms with Crippen molar-refractivity contribution in [2.75, 3.05) is 37.2 Å². The van der Waals surface area contributed by atoms with Crippen molar-refractivity contribution in [1.29, 1.82) is 0 Å². The Bertz CT molecular complexity index is 1150. The van der Waals surface area contributed by atoms with Crippen LogP contribution < -0.4 is 4.72 Å². The summed E-state index contributed by atoms with van der Waals surface area (Å²) >= 11 is 0. The van der Waals surface area contributed by atoms with Crippen LogP contribution in [-0.4, -0.2) is 64.4 Å². The van der Waals surface area contributed by atoms with Gasteiger partial charge in [-0.1, -0.05) is 17.7 Å². The first-order chi connectivity index (χ1) is 14.0. The number of amides is 1. The Morgan fingerprint density at radius 1 is 0.900 bits per heavy atom. The van der Waals surface area contributed by atoms with Crippen LogP contribution in [0.15, 0.2) is 47.4 Å². The maximum Gasteiger partial charge on any atom is 0.253 e. The van der Waals surface area contributed by atoms with E-state index in [0.29, 0.717) is 16.8 Å². The molecule has 1 N–H and O–H groups in total. The molecule has 2 aromatic rings. The summed E-state index contributed by atoms with van der Waals surface area (Å²) in [6, 6.07) is 11.5. The van der Waals surface area contributed by atoms with E-state index >= 15 is 0 Å². The predicted molar refractivity (Wildman–Crippen MR) is 115 cm³/mol. The predicted octanol–water partition coefficient (Wildman–Crippen LogP) is 1.82. The van der Waals surface area contributed by atoms with Crippen LogP contribution in [0.2, 0.25) is 0 Å². The maximum absolute atomic E-state index is 12.8. The molecule has 0 bridgehead atoms. The van der Waals surface area contributed by atoms with Gasteiger partial charge in [-0.25, -0.2) is 16.8 Å². The number of nitrogens with one attached hydrogen (secondary N) is 1. The molecule has 2 aromatic carbocycles. The van der Waals surface area contributed by atoms with Crippen molar-refractivity contribution in [3.8, 4) is 0 Å². The first-order valence-corrected chi connectivity index (χ1v) is 12.7. The fourth-order valence-electron chi connectivity index (χ4n) is 3.28. The van der Waals surface area contributed by atoms with Crippen LogP contribution >= 0.6 is 0 Å². The van der Waals surface area contributed by atoms with E-state index in [9.17, 15) is 21.6 Å². The van der Waals surface area contributed by atoms with Crippen molar-refractivity contribution in [2.45, 2.75) is 18.7 Å². The third-order valence-corrected chi connectivity index (χ3v) is 7.46. The van der Waals surface area contributed by atoms with E-state index < -0.39 is 20.0 Å². The molecule has 0 aromatic heterocycles. The molecule has 3 rings (SSSR count). The standard InChI is InChI=1S/C20H25N3O5S2/c1-15-4-7-18(8-5-15)30(27,28)23-12-10-22(11-13-23)20(24)17-6-9-19(16(2)14-17)21-29(3,25)26/h4-9,14,21H,10-13H2,1-3H3. The number of hydrogen-bond donors (Lipinski definition) is 1. The van der Waals surface area contributed by atoms with E-state index in [1.165, 1.54) is 4.31 Å².